The largest absolute Gasteiger partial charge is 0.366 e. The van der Waals surface area contributed by atoms with Gasteiger partial charge in [0, 0.05) is 11.6 Å². The molecular formula is C13H12N4O3. The van der Waals surface area contributed by atoms with Crippen LogP contribution in [0, 0.1) is 10.1 Å². The fourth-order valence-electron chi connectivity index (χ4n) is 1.67. The number of primary amides is 1. The number of benzene rings is 1. The Bertz CT molecular complexity index is 686. The Morgan fingerprint density at radius 1 is 1.35 bits per heavy atom. The van der Waals surface area contributed by atoms with Gasteiger partial charge in [-0.3, -0.25) is 4.79 Å². The highest BCUT2D eigenvalue weighted by atomic mass is 16.6. The lowest BCUT2D eigenvalue weighted by Gasteiger charge is -1.97. The van der Waals surface area contributed by atoms with E-state index in [-0.39, 0.29) is 5.82 Å². The highest BCUT2D eigenvalue weighted by Gasteiger charge is 2.13. The van der Waals surface area contributed by atoms with Crippen molar-refractivity contribution < 1.29 is 9.72 Å². The maximum atomic E-state index is 10.9. The molecular weight excluding hydrogens is 260 g/mol. The second kappa shape index (κ2) is 5.35. The van der Waals surface area contributed by atoms with E-state index in [1.807, 2.05) is 0 Å². The second-order valence-corrected chi connectivity index (χ2v) is 4.11. The Labute approximate surface area is 114 Å². The molecule has 0 radical (unpaired) electrons. The summed E-state index contributed by atoms with van der Waals surface area (Å²) in [6.07, 6.45) is 4.61. The number of amides is 1. The van der Waals surface area contributed by atoms with Crippen LogP contribution in [0.2, 0.25) is 0 Å². The molecule has 102 valence electrons. The molecule has 1 aromatic heterocycles. The lowest BCUT2D eigenvalue weighted by molar-refractivity contribution is -0.391. The van der Waals surface area contributed by atoms with Gasteiger partial charge in [0.1, 0.15) is 6.20 Å². The number of nitro groups is 1. The normalized spacial score (nSPS) is 10.8. The highest BCUT2D eigenvalue weighted by molar-refractivity contribution is 5.93. The lowest BCUT2D eigenvalue weighted by Crippen LogP contribution is -2.10. The summed E-state index contributed by atoms with van der Waals surface area (Å²) in [5.74, 6) is -0.0929. The molecule has 0 aliphatic heterocycles. The summed E-state index contributed by atoms with van der Waals surface area (Å²) in [4.78, 5) is 25.1. The zero-order chi connectivity index (χ0) is 14.7. The first-order valence-corrected chi connectivity index (χ1v) is 5.73. The molecule has 0 aliphatic rings. The number of carbonyl (C=O) groups excluding carboxylic acids is 1. The van der Waals surface area contributed by atoms with Gasteiger partial charge in [-0.25, -0.2) is 9.55 Å². The van der Waals surface area contributed by atoms with Crippen molar-refractivity contribution in [1.29, 1.82) is 0 Å². The van der Waals surface area contributed by atoms with Crippen LogP contribution in [0.3, 0.4) is 0 Å². The number of nitrogens with zero attached hydrogens (tertiary/aromatic N) is 3. The van der Waals surface area contributed by atoms with Gasteiger partial charge in [-0.2, -0.15) is 0 Å². The van der Waals surface area contributed by atoms with Crippen LogP contribution in [0.15, 0.2) is 30.5 Å². The van der Waals surface area contributed by atoms with Crippen LogP contribution in [-0.4, -0.2) is 20.4 Å². The van der Waals surface area contributed by atoms with Gasteiger partial charge in [0.15, 0.2) is 0 Å². The average molecular weight is 272 g/mol. The summed E-state index contributed by atoms with van der Waals surface area (Å²) in [5, 5.41) is 10.7. The van der Waals surface area contributed by atoms with Crippen LogP contribution in [0.1, 0.15) is 21.7 Å². The van der Waals surface area contributed by atoms with Gasteiger partial charge in [-0.15, -0.1) is 0 Å². The Hall–Kier alpha value is -2.96. The van der Waals surface area contributed by atoms with E-state index < -0.39 is 10.8 Å². The first-order chi connectivity index (χ1) is 9.49. The van der Waals surface area contributed by atoms with Gasteiger partial charge < -0.3 is 15.8 Å². The molecule has 2 rings (SSSR count). The highest BCUT2D eigenvalue weighted by Crippen LogP contribution is 2.14. The Morgan fingerprint density at radius 2 is 2.00 bits per heavy atom. The van der Waals surface area contributed by atoms with E-state index in [1.54, 1.807) is 43.5 Å². The second-order valence-electron chi connectivity index (χ2n) is 4.11. The van der Waals surface area contributed by atoms with E-state index in [0.29, 0.717) is 11.4 Å². The zero-order valence-electron chi connectivity index (χ0n) is 10.7. The van der Waals surface area contributed by atoms with Gasteiger partial charge in [0.2, 0.25) is 11.7 Å². The number of rotatable bonds is 4. The van der Waals surface area contributed by atoms with Gasteiger partial charge >= 0.3 is 5.82 Å². The Morgan fingerprint density at radius 3 is 2.50 bits per heavy atom. The third-order valence-corrected chi connectivity index (χ3v) is 2.81. The fourth-order valence-corrected chi connectivity index (χ4v) is 1.67. The number of nitrogens with two attached hydrogens (primary N) is 1. The van der Waals surface area contributed by atoms with Gasteiger partial charge in [0.25, 0.3) is 0 Å². The fraction of sp³-hybridized carbons (Fsp3) is 0.0769. The molecule has 0 saturated carbocycles. The minimum absolute atomic E-state index is 0.0753. The maximum absolute atomic E-state index is 10.9. The summed E-state index contributed by atoms with van der Waals surface area (Å²) in [6, 6.07) is 6.69. The molecule has 2 N–H and O–H groups in total. The van der Waals surface area contributed by atoms with Crippen LogP contribution in [0.5, 0.6) is 0 Å². The third kappa shape index (κ3) is 2.72. The van der Waals surface area contributed by atoms with Crippen LogP contribution in [0.25, 0.3) is 12.2 Å². The van der Waals surface area contributed by atoms with Gasteiger partial charge in [0.05, 0.1) is 7.05 Å². The number of hydrogen-bond acceptors (Lipinski definition) is 4. The van der Waals surface area contributed by atoms with Crippen LogP contribution in [0.4, 0.5) is 5.82 Å². The molecule has 7 heteroatoms. The van der Waals surface area contributed by atoms with Crippen molar-refractivity contribution in [2.45, 2.75) is 0 Å². The summed E-state index contributed by atoms with van der Waals surface area (Å²) in [6.45, 7) is 0. The summed E-state index contributed by atoms with van der Waals surface area (Å²) in [5.41, 5.74) is 6.41. The average Bonchev–Trinajstić information content (AvgIpc) is 2.78. The van der Waals surface area contributed by atoms with E-state index in [1.165, 1.54) is 10.8 Å². The van der Waals surface area contributed by atoms with Crippen molar-refractivity contribution in [3.05, 3.63) is 57.5 Å². The van der Waals surface area contributed by atoms with Crippen molar-refractivity contribution in [3.8, 4) is 0 Å². The third-order valence-electron chi connectivity index (χ3n) is 2.81. The molecule has 0 unspecified atom stereocenters. The smallest absolute Gasteiger partial charge is 0.342 e. The number of imidazole rings is 1. The van der Waals surface area contributed by atoms with Crippen LogP contribution in [-0.2, 0) is 7.05 Å². The molecule has 1 aromatic carbocycles. The predicted octanol–water partition coefficient (Wildman–Crippen LogP) is 1.60. The van der Waals surface area contributed by atoms with Crippen LogP contribution >= 0.6 is 0 Å². The molecule has 0 fully saturated rings. The molecule has 2 aromatic rings. The summed E-state index contributed by atoms with van der Waals surface area (Å²) in [7, 11) is 1.57. The van der Waals surface area contributed by atoms with E-state index in [4.69, 9.17) is 5.73 Å². The monoisotopic (exact) mass is 272 g/mol. The lowest BCUT2D eigenvalue weighted by atomic mass is 10.1. The molecule has 1 amide bonds. The van der Waals surface area contributed by atoms with Crippen molar-refractivity contribution in [1.82, 2.24) is 9.55 Å². The van der Waals surface area contributed by atoms with Crippen molar-refractivity contribution in [2.24, 2.45) is 12.8 Å². The van der Waals surface area contributed by atoms with Crippen molar-refractivity contribution in [3.63, 3.8) is 0 Å². The van der Waals surface area contributed by atoms with Crippen molar-refractivity contribution in [2.75, 3.05) is 0 Å². The topological polar surface area (TPSA) is 104 Å². The molecule has 1 heterocycles. The van der Waals surface area contributed by atoms with Gasteiger partial charge in [-0.05, 0) is 28.7 Å². The quantitative estimate of drug-likeness (QED) is 0.674. The number of hydrogen-bond donors (Lipinski definition) is 1. The zero-order valence-corrected chi connectivity index (χ0v) is 10.7. The molecule has 20 heavy (non-hydrogen) atoms. The van der Waals surface area contributed by atoms with Crippen molar-refractivity contribution >= 4 is 23.9 Å². The van der Waals surface area contributed by atoms with E-state index in [2.05, 4.69) is 4.98 Å². The van der Waals surface area contributed by atoms with Gasteiger partial charge in [-0.1, -0.05) is 12.1 Å². The molecule has 0 spiro atoms. The predicted molar refractivity (Wildman–Crippen MR) is 73.8 cm³/mol. The summed E-state index contributed by atoms with van der Waals surface area (Å²) >= 11 is 0. The van der Waals surface area contributed by atoms with E-state index in [9.17, 15) is 14.9 Å². The maximum Gasteiger partial charge on any atom is 0.342 e. The van der Waals surface area contributed by atoms with Crippen LogP contribution < -0.4 is 5.73 Å². The standard InChI is InChI=1S/C13H12N4O3/c1-16-11(15-8-12(16)17(19)20)7-4-9-2-5-10(6-3-9)13(14)18/h2-8H,1H3,(H2,14,18)/b7-4+. The molecule has 0 aliphatic carbocycles. The molecule has 7 nitrogen and oxygen atoms in total. The van der Waals surface area contributed by atoms with E-state index >= 15 is 0 Å². The summed E-state index contributed by atoms with van der Waals surface area (Å²) < 4.78 is 1.38. The first kappa shape index (κ1) is 13.5. The Balaban J connectivity index is 2.21. The molecule has 0 bridgehead atoms. The molecule has 0 atom stereocenters. The Kier molecular flexibility index (Phi) is 3.60. The number of aromatic nitrogens is 2. The van der Waals surface area contributed by atoms with E-state index in [0.717, 1.165) is 5.56 Å². The first-order valence-electron chi connectivity index (χ1n) is 5.73. The molecule has 0 saturated heterocycles. The minimum Gasteiger partial charge on any atom is -0.366 e. The minimum atomic E-state index is -0.494. The number of carbonyl (C=O) groups is 1. The SMILES string of the molecule is Cn1c([N+](=O)[O-])cnc1/C=C/c1ccc(C(N)=O)cc1.